The van der Waals surface area contributed by atoms with Crippen LogP contribution in [0.15, 0.2) is 16.8 Å². The minimum absolute atomic E-state index is 0.0374. The van der Waals surface area contributed by atoms with Crippen molar-refractivity contribution in [3.63, 3.8) is 0 Å². The van der Waals surface area contributed by atoms with Gasteiger partial charge in [0.05, 0.1) is 6.04 Å². The lowest BCUT2D eigenvalue weighted by molar-refractivity contribution is -0.119. The molecule has 0 aliphatic rings. The van der Waals surface area contributed by atoms with Crippen LogP contribution < -0.4 is 5.32 Å². The molecule has 1 atom stereocenters. The summed E-state index contributed by atoms with van der Waals surface area (Å²) >= 11 is 1.67. The third-order valence-corrected chi connectivity index (χ3v) is 2.78. The van der Waals surface area contributed by atoms with E-state index in [-0.39, 0.29) is 11.8 Å². The topological polar surface area (TPSA) is 29.1 Å². The average Bonchev–Trinajstić information content (AvgIpc) is 2.54. The van der Waals surface area contributed by atoms with Gasteiger partial charge in [-0.3, -0.25) is 4.79 Å². The minimum atomic E-state index is -0.0374. The van der Waals surface area contributed by atoms with E-state index in [0.29, 0.717) is 6.04 Å². The Morgan fingerprint density at radius 3 is 2.71 bits per heavy atom. The summed E-state index contributed by atoms with van der Waals surface area (Å²) in [7, 11) is 0. The highest BCUT2D eigenvalue weighted by molar-refractivity contribution is 7.07. The highest BCUT2D eigenvalue weighted by Crippen LogP contribution is 2.09. The average molecular weight is 211 g/mol. The van der Waals surface area contributed by atoms with E-state index in [1.165, 1.54) is 5.56 Å². The molecule has 0 saturated carbocycles. The van der Waals surface area contributed by atoms with Crippen LogP contribution in [0.4, 0.5) is 0 Å². The summed E-state index contributed by atoms with van der Waals surface area (Å²) in [6.07, 6.45) is 0.803. The Morgan fingerprint density at radius 2 is 2.29 bits per heavy atom. The number of nitrogens with one attached hydrogen (secondary N) is 1. The molecular formula is C11H17NOS. The van der Waals surface area contributed by atoms with Crippen LogP contribution in [-0.4, -0.2) is 17.9 Å². The lowest BCUT2D eigenvalue weighted by Gasteiger charge is -2.17. The fraction of sp³-hybridized carbons (Fsp3) is 0.545. The SMILES string of the molecule is CC(=O)C(Cc1ccsc1)NC(C)C. The summed E-state index contributed by atoms with van der Waals surface area (Å²) in [6.45, 7) is 5.76. The van der Waals surface area contributed by atoms with Gasteiger partial charge in [-0.25, -0.2) is 0 Å². The Kier molecular flexibility index (Phi) is 4.29. The maximum atomic E-state index is 11.3. The van der Waals surface area contributed by atoms with Gasteiger partial charge < -0.3 is 5.32 Å². The van der Waals surface area contributed by atoms with E-state index in [1.54, 1.807) is 18.3 Å². The maximum Gasteiger partial charge on any atom is 0.147 e. The quantitative estimate of drug-likeness (QED) is 0.809. The Hall–Kier alpha value is -0.670. The maximum absolute atomic E-state index is 11.3. The molecule has 0 amide bonds. The van der Waals surface area contributed by atoms with E-state index in [0.717, 1.165) is 6.42 Å². The van der Waals surface area contributed by atoms with Crippen LogP contribution in [0.1, 0.15) is 26.3 Å². The van der Waals surface area contributed by atoms with E-state index in [9.17, 15) is 4.79 Å². The van der Waals surface area contributed by atoms with E-state index >= 15 is 0 Å². The van der Waals surface area contributed by atoms with Gasteiger partial charge in [0.2, 0.25) is 0 Å². The number of thiophene rings is 1. The molecule has 0 saturated heterocycles. The van der Waals surface area contributed by atoms with E-state index < -0.39 is 0 Å². The van der Waals surface area contributed by atoms with E-state index in [1.807, 2.05) is 5.38 Å². The normalized spacial score (nSPS) is 13.1. The summed E-state index contributed by atoms with van der Waals surface area (Å²) in [4.78, 5) is 11.3. The fourth-order valence-corrected chi connectivity index (χ4v) is 2.05. The molecule has 0 radical (unpaired) electrons. The molecule has 0 fully saturated rings. The summed E-state index contributed by atoms with van der Waals surface area (Å²) in [6, 6.07) is 2.38. The molecule has 78 valence electrons. The van der Waals surface area contributed by atoms with Gasteiger partial charge in [0.15, 0.2) is 0 Å². The Balaban J connectivity index is 2.56. The highest BCUT2D eigenvalue weighted by Gasteiger charge is 2.15. The van der Waals surface area contributed by atoms with E-state index in [4.69, 9.17) is 0 Å². The van der Waals surface area contributed by atoms with Gasteiger partial charge in [-0.1, -0.05) is 13.8 Å². The van der Waals surface area contributed by atoms with Crippen molar-refractivity contribution in [1.29, 1.82) is 0 Å². The Labute approximate surface area is 89.3 Å². The number of rotatable bonds is 5. The molecule has 0 aliphatic heterocycles. The summed E-state index contributed by atoms with van der Waals surface area (Å²) < 4.78 is 0. The molecule has 0 spiro atoms. The van der Waals surface area contributed by atoms with Crippen LogP contribution in [0.3, 0.4) is 0 Å². The number of carbonyl (C=O) groups is 1. The van der Waals surface area contributed by atoms with Crippen molar-refractivity contribution in [1.82, 2.24) is 5.32 Å². The molecular weight excluding hydrogens is 194 g/mol. The molecule has 1 aromatic heterocycles. The molecule has 0 aliphatic carbocycles. The van der Waals surface area contributed by atoms with Gasteiger partial charge in [0.25, 0.3) is 0 Å². The van der Waals surface area contributed by atoms with Crippen LogP contribution in [0, 0.1) is 0 Å². The highest BCUT2D eigenvalue weighted by atomic mass is 32.1. The van der Waals surface area contributed by atoms with Crippen LogP contribution >= 0.6 is 11.3 Å². The molecule has 1 rings (SSSR count). The molecule has 0 aromatic carbocycles. The lowest BCUT2D eigenvalue weighted by atomic mass is 10.1. The minimum Gasteiger partial charge on any atom is -0.305 e. The zero-order valence-corrected chi connectivity index (χ0v) is 9.73. The fourth-order valence-electron chi connectivity index (χ4n) is 1.37. The molecule has 1 heterocycles. The second-order valence-corrected chi connectivity index (χ2v) is 4.60. The van der Waals surface area contributed by atoms with Gasteiger partial charge in [0, 0.05) is 6.04 Å². The summed E-state index contributed by atoms with van der Waals surface area (Å²) in [5.74, 6) is 0.213. The van der Waals surface area contributed by atoms with Gasteiger partial charge in [-0.05, 0) is 35.7 Å². The predicted molar refractivity (Wildman–Crippen MR) is 60.8 cm³/mol. The molecule has 1 N–H and O–H groups in total. The van der Waals surface area contributed by atoms with Crippen molar-refractivity contribution in [3.05, 3.63) is 22.4 Å². The van der Waals surface area contributed by atoms with E-state index in [2.05, 4.69) is 30.6 Å². The first-order chi connectivity index (χ1) is 6.59. The van der Waals surface area contributed by atoms with Crippen molar-refractivity contribution < 1.29 is 4.79 Å². The number of hydrogen-bond donors (Lipinski definition) is 1. The third-order valence-electron chi connectivity index (χ3n) is 2.05. The Bertz CT molecular complexity index is 279. The second kappa shape index (κ2) is 5.27. The van der Waals surface area contributed by atoms with Crippen molar-refractivity contribution >= 4 is 17.1 Å². The van der Waals surface area contributed by atoms with Crippen LogP contribution in [0.2, 0.25) is 0 Å². The van der Waals surface area contributed by atoms with Crippen molar-refractivity contribution in [2.24, 2.45) is 0 Å². The first-order valence-electron chi connectivity index (χ1n) is 4.87. The smallest absolute Gasteiger partial charge is 0.147 e. The van der Waals surface area contributed by atoms with Gasteiger partial charge in [-0.15, -0.1) is 0 Å². The zero-order valence-electron chi connectivity index (χ0n) is 8.91. The Morgan fingerprint density at radius 1 is 1.57 bits per heavy atom. The van der Waals surface area contributed by atoms with Crippen LogP contribution in [-0.2, 0) is 11.2 Å². The third kappa shape index (κ3) is 3.60. The van der Waals surface area contributed by atoms with Gasteiger partial charge in [-0.2, -0.15) is 11.3 Å². The van der Waals surface area contributed by atoms with Gasteiger partial charge >= 0.3 is 0 Å². The standard InChI is InChI=1S/C11H17NOS/c1-8(2)12-11(9(3)13)6-10-4-5-14-7-10/h4-5,7-8,11-12H,6H2,1-3H3. The number of Topliss-reactive ketones (excluding diaryl/α,β-unsaturated/α-hetero) is 1. The second-order valence-electron chi connectivity index (χ2n) is 3.82. The zero-order chi connectivity index (χ0) is 10.6. The van der Waals surface area contributed by atoms with Crippen molar-refractivity contribution in [2.75, 3.05) is 0 Å². The number of carbonyl (C=O) groups excluding carboxylic acids is 1. The first-order valence-corrected chi connectivity index (χ1v) is 5.81. The number of hydrogen-bond acceptors (Lipinski definition) is 3. The monoisotopic (exact) mass is 211 g/mol. The predicted octanol–water partition coefficient (Wildman–Crippen LogP) is 2.25. The van der Waals surface area contributed by atoms with Crippen LogP contribution in [0.5, 0.6) is 0 Å². The van der Waals surface area contributed by atoms with Gasteiger partial charge in [0.1, 0.15) is 5.78 Å². The largest absolute Gasteiger partial charge is 0.305 e. The molecule has 2 nitrogen and oxygen atoms in total. The van der Waals surface area contributed by atoms with Crippen molar-refractivity contribution in [2.45, 2.75) is 39.3 Å². The molecule has 0 bridgehead atoms. The summed E-state index contributed by atoms with van der Waals surface area (Å²) in [5, 5.41) is 7.41. The van der Waals surface area contributed by atoms with Crippen LogP contribution in [0.25, 0.3) is 0 Å². The lowest BCUT2D eigenvalue weighted by Crippen LogP contribution is -2.41. The molecule has 14 heavy (non-hydrogen) atoms. The number of ketones is 1. The molecule has 1 unspecified atom stereocenters. The summed E-state index contributed by atoms with van der Waals surface area (Å²) in [5.41, 5.74) is 1.24. The van der Waals surface area contributed by atoms with Crippen molar-refractivity contribution in [3.8, 4) is 0 Å². The molecule has 3 heteroatoms. The first kappa shape index (κ1) is 11.4. The molecule has 1 aromatic rings.